The monoisotopic (exact) mass is 275 g/mol. The number of hydrogen-bond acceptors (Lipinski definition) is 4. The first-order chi connectivity index (χ1) is 9.74. The molecule has 0 saturated heterocycles. The highest BCUT2D eigenvalue weighted by Crippen LogP contribution is 2.11. The summed E-state index contributed by atoms with van der Waals surface area (Å²) < 4.78 is 17.6. The highest BCUT2D eigenvalue weighted by atomic mass is 19.1. The minimum atomic E-state index is -0.558. The third-order valence-electron chi connectivity index (χ3n) is 2.46. The third kappa shape index (κ3) is 4.79. The zero-order chi connectivity index (χ0) is 14.2. The van der Waals surface area contributed by atoms with Crippen LogP contribution < -0.4 is 10.2 Å². The van der Waals surface area contributed by atoms with Crippen molar-refractivity contribution in [1.82, 2.24) is 5.48 Å². The van der Waals surface area contributed by atoms with Crippen LogP contribution in [0.15, 0.2) is 54.6 Å². The van der Waals surface area contributed by atoms with E-state index in [0.29, 0.717) is 6.54 Å². The lowest BCUT2D eigenvalue weighted by molar-refractivity contribution is -0.142. The first-order valence-electron chi connectivity index (χ1n) is 6.09. The van der Waals surface area contributed by atoms with E-state index in [-0.39, 0.29) is 18.2 Å². The van der Waals surface area contributed by atoms with Gasteiger partial charge < -0.3 is 4.74 Å². The summed E-state index contributed by atoms with van der Waals surface area (Å²) in [5, 5.41) is 0. The first kappa shape index (κ1) is 14.2. The van der Waals surface area contributed by atoms with Gasteiger partial charge in [0.15, 0.2) is 6.61 Å². The van der Waals surface area contributed by atoms with Crippen LogP contribution in [-0.2, 0) is 16.2 Å². The van der Waals surface area contributed by atoms with E-state index in [0.717, 1.165) is 5.56 Å². The van der Waals surface area contributed by atoms with Gasteiger partial charge in [-0.05, 0) is 29.8 Å². The fraction of sp³-hybridized carbons (Fsp3) is 0.133. The molecule has 0 bridgehead atoms. The van der Waals surface area contributed by atoms with Crippen molar-refractivity contribution in [3.63, 3.8) is 0 Å². The number of hydrogen-bond donors (Lipinski definition) is 1. The topological polar surface area (TPSA) is 47.6 Å². The fourth-order valence-electron chi connectivity index (χ4n) is 1.50. The molecule has 0 atom stereocenters. The zero-order valence-corrected chi connectivity index (χ0v) is 10.7. The molecule has 0 aliphatic heterocycles. The predicted molar refractivity (Wildman–Crippen MR) is 71.3 cm³/mol. The van der Waals surface area contributed by atoms with Gasteiger partial charge in [0.2, 0.25) is 0 Å². The molecule has 2 aromatic rings. The number of benzene rings is 2. The van der Waals surface area contributed by atoms with Crippen molar-refractivity contribution < 1.29 is 18.8 Å². The number of nitrogens with one attached hydrogen (secondary N) is 1. The van der Waals surface area contributed by atoms with Gasteiger partial charge in [0.1, 0.15) is 11.6 Å². The molecule has 20 heavy (non-hydrogen) atoms. The average molecular weight is 275 g/mol. The highest BCUT2D eigenvalue weighted by Gasteiger charge is 2.05. The summed E-state index contributed by atoms with van der Waals surface area (Å²) in [5.41, 5.74) is 3.71. The molecule has 2 rings (SSSR count). The van der Waals surface area contributed by atoms with E-state index in [1.165, 1.54) is 24.3 Å². The van der Waals surface area contributed by atoms with Crippen LogP contribution in [0, 0.1) is 5.82 Å². The summed E-state index contributed by atoms with van der Waals surface area (Å²) in [6.45, 7) is 0.259. The predicted octanol–water partition coefficient (Wildman–Crippen LogP) is 2.45. The van der Waals surface area contributed by atoms with Crippen molar-refractivity contribution >= 4 is 5.97 Å². The second-order valence-electron chi connectivity index (χ2n) is 4.02. The van der Waals surface area contributed by atoms with Gasteiger partial charge in [0.25, 0.3) is 0 Å². The molecule has 0 amide bonds. The van der Waals surface area contributed by atoms with Gasteiger partial charge in [0, 0.05) is 6.54 Å². The van der Waals surface area contributed by atoms with Crippen molar-refractivity contribution in [3.8, 4) is 5.75 Å². The van der Waals surface area contributed by atoms with Gasteiger partial charge in [0.05, 0.1) is 0 Å². The molecule has 5 heteroatoms. The summed E-state index contributed by atoms with van der Waals surface area (Å²) in [6, 6.07) is 14.8. The van der Waals surface area contributed by atoms with Gasteiger partial charge in [-0.25, -0.2) is 9.18 Å². The maximum atomic E-state index is 12.7. The normalized spacial score (nSPS) is 10.2. The third-order valence-corrected chi connectivity index (χ3v) is 2.46. The molecular formula is C15H14FNO3. The maximum Gasteiger partial charge on any atom is 0.339 e. The number of rotatable bonds is 6. The summed E-state index contributed by atoms with van der Waals surface area (Å²) in [4.78, 5) is 16.4. The van der Waals surface area contributed by atoms with Crippen molar-refractivity contribution in [2.24, 2.45) is 0 Å². The Morgan fingerprint density at radius 3 is 2.45 bits per heavy atom. The number of carbonyl (C=O) groups excluding carboxylic acids is 1. The van der Waals surface area contributed by atoms with Gasteiger partial charge in [-0.15, -0.1) is 0 Å². The van der Waals surface area contributed by atoms with Crippen LogP contribution in [-0.4, -0.2) is 12.6 Å². The average Bonchev–Trinajstić information content (AvgIpc) is 2.47. The Labute approximate surface area is 116 Å². The number of halogens is 1. The molecule has 2 aromatic carbocycles. The Morgan fingerprint density at radius 1 is 1.05 bits per heavy atom. The molecule has 0 aromatic heterocycles. The fourth-order valence-corrected chi connectivity index (χ4v) is 1.50. The van der Waals surface area contributed by atoms with Gasteiger partial charge in [-0.1, -0.05) is 30.3 Å². The van der Waals surface area contributed by atoms with E-state index in [4.69, 9.17) is 9.57 Å². The number of esters is 1. The standard InChI is InChI=1S/C15H14FNO3/c16-13-6-8-14(9-7-13)20-15(18)11-19-17-10-12-4-2-1-3-5-12/h1-9,17H,10-11H2. The Bertz CT molecular complexity index is 543. The molecule has 0 saturated carbocycles. The van der Waals surface area contributed by atoms with E-state index >= 15 is 0 Å². The lowest BCUT2D eigenvalue weighted by Gasteiger charge is -2.06. The van der Waals surface area contributed by atoms with Gasteiger partial charge in [-0.3, -0.25) is 4.84 Å². The van der Waals surface area contributed by atoms with Crippen molar-refractivity contribution in [2.75, 3.05) is 6.61 Å². The lowest BCUT2D eigenvalue weighted by Crippen LogP contribution is -2.22. The van der Waals surface area contributed by atoms with E-state index in [1.807, 2.05) is 30.3 Å². The van der Waals surface area contributed by atoms with Crippen molar-refractivity contribution in [3.05, 3.63) is 66.0 Å². The Balaban J connectivity index is 1.66. The molecule has 4 nitrogen and oxygen atoms in total. The van der Waals surface area contributed by atoms with E-state index in [1.54, 1.807) is 0 Å². The summed E-state index contributed by atoms with van der Waals surface area (Å²) >= 11 is 0. The number of carbonyl (C=O) groups is 1. The Morgan fingerprint density at radius 2 is 1.75 bits per heavy atom. The van der Waals surface area contributed by atoms with E-state index in [2.05, 4.69) is 5.48 Å². The minimum Gasteiger partial charge on any atom is -0.425 e. The second kappa shape index (κ2) is 7.37. The van der Waals surface area contributed by atoms with Crippen LogP contribution >= 0.6 is 0 Å². The second-order valence-corrected chi connectivity index (χ2v) is 4.02. The zero-order valence-electron chi connectivity index (χ0n) is 10.7. The molecule has 0 spiro atoms. The van der Waals surface area contributed by atoms with Crippen LogP contribution in [0.2, 0.25) is 0 Å². The molecule has 104 valence electrons. The van der Waals surface area contributed by atoms with Gasteiger partial charge >= 0.3 is 5.97 Å². The van der Waals surface area contributed by atoms with Crippen LogP contribution in [0.4, 0.5) is 4.39 Å². The highest BCUT2D eigenvalue weighted by molar-refractivity contribution is 5.73. The summed E-state index contributed by atoms with van der Waals surface area (Å²) in [6.07, 6.45) is 0. The largest absolute Gasteiger partial charge is 0.425 e. The van der Waals surface area contributed by atoms with Gasteiger partial charge in [-0.2, -0.15) is 5.48 Å². The first-order valence-corrected chi connectivity index (χ1v) is 6.09. The Hall–Kier alpha value is -2.24. The molecule has 1 N–H and O–H groups in total. The van der Waals surface area contributed by atoms with Crippen molar-refractivity contribution in [1.29, 1.82) is 0 Å². The summed E-state index contributed by atoms with van der Waals surface area (Å²) in [7, 11) is 0. The van der Waals surface area contributed by atoms with Crippen LogP contribution in [0.3, 0.4) is 0 Å². The molecule has 0 heterocycles. The molecular weight excluding hydrogens is 261 g/mol. The smallest absolute Gasteiger partial charge is 0.339 e. The number of ether oxygens (including phenoxy) is 1. The van der Waals surface area contributed by atoms with Crippen molar-refractivity contribution in [2.45, 2.75) is 6.54 Å². The lowest BCUT2D eigenvalue weighted by atomic mass is 10.2. The van der Waals surface area contributed by atoms with Crippen LogP contribution in [0.1, 0.15) is 5.56 Å². The maximum absolute atomic E-state index is 12.7. The van der Waals surface area contributed by atoms with Crippen LogP contribution in [0.5, 0.6) is 5.75 Å². The summed E-state index contributed by atoms with van der Waals surface area (Å²) in [5.74, 6) is -0.661. The molecule has 0 radical (unpaired) electrons. The van der Waals surface area contributed by atoms with E-state index in [9.17, 15) is 9.18 Å². The Kier molecular flexibility index (Phi) is 5.23. The molecule has 0 unspecified atom stereocenters. The molecule has 0 aliphatic carbocycles. The van der Waals surface area contributed by atoms with E-state index < -0.39 is 5.97 Å². The minimum absolute atomic E-state index is 0.232. The molecule has 0 aliphatic rings. The molecule has 0 fully saturated rings. The quantitative estimate of drug-likeness (QED) is 0.381. The SMILES string of the molecule is O=C(CONCc1ccccc1)Oc1ccc(F)cc1. The number of hydroxylamine groups is 1. The van der Waals surface area contributed by atoms with Crippen LogP contribution in [0.25, 0.3) is 0 Å².